The topological polar surface area (TPSA) is 98.4 Å². The number of hydrogen-bond acceptors (Lipinski definition) is 6. The smallest absolute Gasteiger partial charge is 0.159 e. The highest BCUT2D eigenvalue weighted by molar-refractivity contribution is 5.92. The SMILES string of the molecule is C=C(CN(C)C)Nc1cncc(/C(C)=C/C=c2/[nH]nc(-c3nc4c(-c5cccc(F)c5)cncc4[nH]3)c2=C)c1. The highest BCUT2D eigenvalue weighted by atomic mass is 19.1. The number of imidazole rings is 1. The molecule has 0 saturated heterocycles. The van der Waals surface area contributed by atoms with E-state index in [-0.39, 0.29) is 5.82 Å². The average Bonchev–Trinajstić information content (AvgIpc) is 3.49. The molecule has 0 unspecified atom stereocenters. The maximum Gasteiger partial charge on any atom is 0.159 e. The van der Waals surface area contributed by atoms with E-state index in [2.05, 4.69) is 43.6 Å². The number of H-pyrrole nitrogens is 2. The van der Waals surface area contributed by atoms with Gasteiger partial charge in [0.1, 0.15) is 11.5 Å². The van der Waals surface area contributed by atoms with Gasteiger partial charge in [0.05, 0.1) is 34.5 Å². The molecule has 39 heavy (non-hydrogen) atoms. The number of aromatic amines is 2. The van der Waals surface area contributed by atoms with Crippen LogP contribution in [0.1, 0.15) is 12.5 Å². The first kappa shape index (κ1) is 25.7. The van der Waals surface area contributed by atoms with Crippen molar-refractivity contribution in [2.45, 2.75) is 6.92 Å². The molecule has 1 aromatic carbocycles. The van der Waals surface area contributed by atoms with Gasteiger partial charge in [0, 0.05) is 35.4 Å². The number of allylic oxidation sites excluding steroid dienone is 2. The molecule has 196 valence electrons. The first-order chi connectivity index (χ1) is 18.8. The molecule has 0 spiro atoms. The Morgan fingerprint density at radius 3 is 2.74 bits per heavy atom. The molecule has 4 aromatic heterocycles. The number of halogens is 1. The van der Waals surface area contributed by atoms with Crippen LogP contribution in [0.25, 0.3) is 51.9 Å². The summed E-state index contributed by atoms with van der Waals surface area (Å²) in [4.78, 5) is 18.7. The van der Waals surface area contributed by atoms with Crippen LogP contribution in [-0.2, 0) is 0 Å². The predicted molar refractivity (Wildman–Crippen MR) is 155 cm³/mol. The lowest BCUT2D eigenvalue weighted by atomic mass is 10.1. The van der Waals surface area contributed by atoms with Gasteiger partial charge in [0.2, 0.25) is 0 Å². The van der Waals surface area contributed by atoms with Crippen LogP contribution < -0.4 is 15.9 Å². The van der Waals surface area contributed by atoms with Crippen LogP contribution in [0.2, 0.25) is 0 Å². The molecule has 0 fully saturated rings. The zero-order valence-electron chi connectivity index (χ0n) is 22.1. The Balaban J connectivity index is 1.43. The Hall–Kier alpha value is -4.89. The van der Waals surface area contributed by atoms with Gasteiger partial charge in [-0.3, -0.25) is 15.1 Å². The lowest BCUT2D eigenvalue weighted by Crippen LogP contribution is -2.21. The molecule has 0 aliphatic rings. The molecule has 4 heterocycles. The standard InChI is InChI=1S/C30H29FN8/c1-18(22-12-24(14-32-13-22)34-19(2)17-39(4)5)9-10-26-20(3)28(38-37-26)30-35-27-16-33-15-25(29(27)36-30)21-7-6-8-23(31)11-21/h6-16,34,37H,2-3,17H2,1,4-5H3,(H,35,36)/b18-9+,26-10+. The maximum absolute atomic E-state index is 13.8. The van der Waals surface area contributed by atoms with Crippen molar-refractivity contribution in [2.24, 2.45) is 0 Å². The molecule has 0 aliphatic heterocycles. The molecule has 5 rings (SSSR count). The van der Waals surface area contributed by atoms with E-state index in [0.29, 0.717) is 27.8 Å². The van der Waals surface area contributed by atoms with E-state index in [1.807, 2.05) is 56.4 Å². The van der Waals surface area contributed by atoms with Gasteiger partial charge in [-0.25, -0.2) is 9.37 Å². The minimum absolute atomic E-state index is 0.315. The van der Waals surface area contributed by atoms with E-state index in [4.69, 9.17) is 4.98 Å². The van der Waals surface area contributed by atoms with Crippen LogP contribution in [0, 0.1) is 5.82 Å². The quantitative estimate of drug-likeness (QED) is 0.282. The van der Waals surface area contributed by atoms with Gasteiger partial charge in [0.15, 0.2) is 5.82 Å². The third kappa shape index (κ3) is 5.68. The second kappa shape index (κ2) is 10.8. The molecule has 0 amide bonds. The number of hydrogen-bond donors (Lipinski definition) is 3. The Bertz CT molecular complexity index is 1810. The number of anilines is 1. The number of benzene rings is 1. The predicted octanol–water partition coefficient (Wildman–Crippen LogP) is 4.33. The van der Waals surface area contributed by atoms with Gasteiger partial charge in [-0.15, -0.1) is 0 Å². The molecule has 0 bridgehead atoms. The molecule has 9 heteroatoms. The van der Waals surface area contributed by atoms with Gasteiger partial charge in [0.25, 0.3) is 0 Å². The molecule has 5 aromatic rings. The van der Waals surface area contributed by atoms with E-state index in [9.17, 15) is 4.39 Å². The fourth-order valence-corrected chi connectivity index (χ4v) is 4.28. The van der Waals surface area contributed by atoms with Crippen molar-refractivity contribution in [2.75, 3.05) is 26.0 Å². The monoisotopic (exact) mass is 520 g/mol. The molecule has 3 N–H and O–H groups in total. The summed E-state index contributed by atoms with van der Waals surface area (Å²) in [5, 5.41) is 12.3. The minimum Gasteiger partial charge on any atom is -0.357 e. The molecule has 8 nitrogen and oxygen atoms in total. The lowest BCUT2D eigenvalue weighted by Gasteiger charge is -2.14. The van der Waals surface area contributed by atoms with Crippen LogP contribution in [-0.4, -0.2) is 55.7 Å². The van der Waals surface area contributed by atoms with Crippen LogP contribution >= 0.6 is 0 Å². The number of fused-ring (bicyclic) bond motifs is 1. The van der Waals surface area contributed by atoms with E-state index >= 15 is 0 Å². The van der Waals surface area contributed by atoms with Crippen molar-refractivity contribution in [1.29, 1.82) is 0 Å². The van der Waals surface area contributed by atoms with E-state index in [1.165, 1.54) is 12.1 Å². The first-order valence-electron chi connectivity index (χ1n) is 12.4. The average molecular weight is 521 g/mol. The Kier molecular flexibility index (Phi) is 7.16. The zero-order chi connectivity index (χ0) is 27.5. The minimum atomic E-state index is -0.315. The summed E-state index contributed by atoms with van der Waals surface area (Å²) in [6.07, 6.45) is 10.9. The van der Waals surface area contributed by atoms with E-state index in [0.717, 1.165) is 45.5 Å². The molecule has 0 saturated carbocycles. The van der Waals surface area contributed by atoms with Crippen LogP contribution in [0.3, 0.4) is 0 Å². The third-order valence-electron chi connectivity index (χ3n) is 6.18. The van der Waals surface area contributed by atoms with Gasteiger partial charge in [-0.1, -0.05) is 31.4 Å². The number of nitrogens with one attached hydrogen (secondary N) is 3. The largest absolute Gasteiger partial charge is 0.357 e. The first-order valence-corrected chi connectivity index (χ1v) is 12.4. The molecule has 0 radical (unpaired) electrons. The van der Waals surface area contributed by atoms with E-state index < -0.39 is 0 Å². The van der Waals surface area contributed by atoms with Crippen molar-refractivity contribution in [3.63, 3.8) is 0 Å². The van der Waals surface area contributed by atoms with E-state index in [1.54, 1.807) is 24.7 Å². The second-order valence-corrected chi connectivity index (χ2v) is 9.59. The van der Waals surface area contributed by atoms with Crippen molar-refractivity contribution in [3.05, 3.63) is 95.4 Å². The summed E-state index contributed by atoms with van der Waals surface area (Å²) in [5.41, 5.74) is 7.22. The van der Waals surface area contributed by atoms with Crippen molar-refractivity contribution in [3.8, 4) is 22.6 Å². The molecular formula is C30H29FN8. The van der Waals surface area contributed by atoms with Crippen LogP contribution in [0.4, 0.5) is 10.1 Å². The Morgan fingerprint density at radius 2 is 1.95 bits per heavy atom. The van der Waals surface area contributed by atoms with Gasteiger partial charge < -0.3 is 15.2 Å². The van der Waals surface area contributed by atoms with Gasteiger partial charge in [-0.2, -0.15) is 5.10 Å². The molecule has 0 atom stereocenters. The van der Waals surface area contributed by atoms with Crippen molar-refractivity contribution >= 4 is 34.9 Å². The zero-order valence-corrected chi connectivity index (χ0v) is 22.1. The van der Waals surface area contributed by atoms with Gasteiger partial charge >= 0.3 is 0 Å². The number of rotatable bonds is 8. The highest BCUT2D eigenvalue weighted by Crippen LogP contribution is 2.28. The normalized spacial score (nSPS) is 12.4. The fourth-order valence-electron chi connectivity index (χ4n) is 4.28. The summed E-state index contributed by atoms with van der Waals surface area (Å²) in [7, 11) is 4.00. The number of likely N-dealkylation sites (N-methyl/N-ethyl adjacent to an activating group) is 1. The number of pyridine rings is 2. The molecular weight excluding hydrogens is 491 g/mol. The van der Waals surface area contributed by atoms with Gasteiger partial charge in [-0.05, 0) is 62.0 Å². The highest BCUT2D eigenvalue weighted by Gasteiger charge is 2.14. The summed E-state index contributed by atoms with van der Waals surface area (Å²) in [6.45, 7) is 11.0. The fraction of sp³-hybridized carbons (Fsp3) is 0.133. The third-order valence-corrected chi connectivity index (χ3v) is 6.18. The Labute approximate surface area is 225 Å². The van der Waals surface area contributed by atoms with Crippen LogP contribution in [0.15, 0.2) is 73.5 Å². The molecule has 0 aliphatic carbocycles. The van der Waals surface area contributed by atoms with Crippen molar-refractivity contribution in [1.82, 2.24) is 35.0 Å². The summed E-state index contributed by atoms with van der Waals surface area (Å²) in [5.74, 6) is 0.239. The van der Waals surface area contributed by atoms with Crippen LogP contribution in [0.5, 0.6) is 0 Å². The maximum atomic E-state index is 13.8. The number of nitrogens with zero attached hydrogens (tertiary/aromatic N) is 5. The second-order valence-electron chi connectivity index (χ2n) is 9.59. The number of aromatic nitrogens is 6. The van der Waals surface area contributed by atoms with Crippen molar-refractivity contribution < 1.29 is 4.39 Å². The Morgan fingerprint density at radius 1 is 1.13 bits per heavy atom. The lowest BCUT2D eigenvalue weighted by molar-refractivity contribution is 0.447. The summed E-state index contributed by atoms with van der Waals surface area (Å²) in [6, 6.07) is 8.41. The summed E-state index contributed by atoms with van der Waals surface area (Å²) >= 11 is 0. The summed E-state index contributed by atoms with van der Waals surface area (Å²) < 4.78 is 13.8.